The predicted octanol–water partition coefficient (Wildman–Crippen LogP) is 2.93. The van der Waals surface area contributed by atoms with Gasteiger partial charge in [-0.1, -0.05) is 26.7 Å². The molecule has 0 bridgehead atoms. The van der Waals surface area contributed by atoms with E-state index in [4.69, 9.17) is 9.57 Å². The van der Waals surface area contributed by atoms with Gasteiger partial charge in [-0.05, 0) is 45.7 Å². The van der Waals surface area contributed by atoms with E-state index in [1.165, 1.54) is 45.2 Å². The Kier molecular flexibility index (Phi) is 6.75. The van der Waals surface area contributed by atoms with Gasteiger partial charge in [-0.3, -0.25) is 4.84 Å². The molecule has 2 saturated heterocycles. The van der Waals surface area contributed by atoms with Crippen molar-refractivity contribution in [3.63, 3.8) is 0 Å². The average molecular weight is 284 g/mol. The highest BCUT2D eigenvalue weighted by Crippen LogP contribution is 2.23. The maximum Gasteiger partial charge on any atom is 0.133 e. The molecule has 4 nitrogen and oxygen atoms in total. The van der Waals surface area contributed by atoms with Crippen molar-refractivity contribution in [2.75, 3.05) is 19.6 Å². The predicted molar refractivity (Wildman–Crippen MR) is 81.3 cm³/mol. The van der Waals surface area contributed by atoms with Crippen molar-refractivity contribution in [1.82, 2.24) is 10.4 Å². The first-order valence-electron chi connectivity index (χ1n) is 8.53. The molecule has 1 N–H and O–H groups in total. The number of hydrogen-bond acceptors (Lipinski definition) is 4. The van der Waals surface area contributed by atoms with Gasteiger partial charge >= 0.3 is 0 Å². The number of nitrogens with one attached hydrogen (secondary N) is 1. The summed E-state index contributed by atoms with van der Waals surface area (Å²) in [7, 11) is 0. The molecule has 0 amide bonds. The van der Waals surface area contributed by atoms with Crippen LogP contribution in [-0.4, -0.2) is 43.0 Å². The molecule has 0 aromatic carbocycles. The fraction of sp³-hybridized carbons (Fsp3) is 1.00. The van der Waals surface area contributed by atoms with Gasteiger partial charge in [-0.25, -0.2) is 0 Å². The summed E-state index contributed by atoms with van der Waals surface area (Å²) in [5, 5.41) is 0. The molecular formula is C16H32N2O2. The summed E-state index contributed by atoms with van der Waals surface area (Å²) in [6, 6.07) is 0. The van der Waals surface area contributed by atoms with Gasteiger partial charge < -0.3 is 9.64 Å². The second-order valence-electron chi connectivity index (χ2n) is 6.35. The summed E-state index contributed by atoms with van der Waals surface area (Å²) < 4.78 is 6.33. The van der Waals surface area contributed by atoms with Crippen molar-refractivity contribution in [3.05, 3.63) is 0 Å². The Hall–Kier alpha value is -0.160. The molecule has 4 unspecified atom stereocenters. The lowest BCUT2D eigenvalue weighted by molar-refractivity contribution is -0.249. The maximum atomic E-state index is 6.33. The summed E-state index contributed by atoms with van der Waals surface area (Å²) in [6.45, 7) is 10.0. The first kappa shape index (κ1) is 16.2. The Bertz CT molecular complexity index is 269. The van der Waals surface area contributed by atoms with Gasteiger partial charge in [0.1, 0.15) is 18.4 Å². The second kappa shape index (κ2) is 8.32. The van der Waals surface area contributed by atoms with Crippen LogP contribution in [-0.2, 0) is 9.57 Å². The third kappa shape index (κ3) is 4.42. The lowest BCUT2D eigenvalue weighted by Crippen LogP contribution is -2.55. The number of hydroxylamine groups is 1. The molecule has 2 heterocycles. The SMILES string of the molecule is CCCC(CC)C1NOC(C)C(CN2CCCCC2)O1. The van der Waals surface area contributed by atoms with Crippen molar-refractivity contribution >= 4 is 0 Å². The van der Waals surface area contributed by atoms with E-state index in [-0.39, 0.29) is 18.4 Å². The number of nitrogens with zero attached hydrogens (tertiary/aromatic N) is 1. The van der Waals surface area contributed by atoms with E-state index in [1.54, 1.807) is 0 Å². The Morgan fingerprint density at radius 2 is 1.95 bits per heavy atom. The molecule has 0 radical (unpaired) electrons. The van der Waals surface area contributed by atoms with E-state index in [0.29, 0.717) is 5.92 Å². The zero-order chi connectivity index (χ0) is 14.4. The van der Waals surface area contributed by atoms with Crippen molar-refractivity contribution in [3.8, 4) is 0 Å². The normalized spacial score (nSPS) is 34.0. The highest BCUT2D eigenvalue weighted by Gasteiger charge is 2.34. The van der Waals surface area contributed by atoms with Crippen LogP contribution >= 0.6 is 0 Å². The summed E-state index contributed by atoms with van der Waals surface area (Å²) in [5.74, 6) is 0.552. The monoisotopic (exact) mass is 284 g/mol. The molecule has 0 aromatic heterocycles. The lowest BCUT2D eigenvalue weighted by atomic mass is 9.98. The van der Waals surface area contributed by atoms with Gasteiger partial charge in [-0.2, -0.15) is 5.48 Å². The van der Waals surface area contributed by atoms with E-state index in [9.17, 15) is 0 Å². The molecule has 118 valence electrons. The minimum absolute atomic E-state index is 0.0611. The zero-order valence-corrected chi connectivity index (χ0v) is 13.4. The topological polar surface area (TPSA) is 33.7 Å². The van der Waals surface area contributed by atoms with Crippen LogP contribution < -0.4 is 5.48 Å². The second-order valence-corrected chi connectivity index (χ2v) is 6.35. The zero-order valence-electron chi connectivity index (χ0n) is 13.4. The number of hydrogen-bond donors (Lipinski definition) is 1. The maximum absolute atomic E-state index is 6.33. The fourth-order valence-corrected chi connectivity index (χ4v) is 3.31. The van der Waals surface area contributed by atoms with E-state index >= 15 is 0 Å². The van der Waals surface area contributed by atoms with Crippen molar-refractivity contribution in [2.24, 2.45) is 5.92 Å². The molecule has 4 heteroatoms. The van der Waals surface area contributed by atoms with Gasteiger partial charge in [0.2, 0.25) is 0 Å². The third-order valence-electron chi connectivity index (χ3n) is 4.71. The van der Waals surface area contributed by atoms with Crippen LogP contribution in [0.4, 0.5) is 0 Å². The summed E-state index contributed by atoms with van der Waals surface area (Å²) in [4.78, 5) is 8.31. The first-order chi connectivity index (χ1) is 9.74. The van der Waals surface area contributed by atoms with Crippen LogP contribution in [0.1, 0.15) is 59.3 Å². The number of rotatable bonds is 6. The Morgan fingerprint density at radius 3 is 2.60 bits per heavy atom. The van der Waals surface area contributed by atoms with Gasteiger partial charge in [0.15, 0.2) is 0 Å². The van der Waals surface area contributed by atoms with Crippen LogP contribution in [0.15, 0.2) is 0 Å². The highest BCUT2D eigenvalue weighted by molar-refractivity contribution is 4.79. The van der Waals surface area contributed by atoms with Gasteiger partial charge in [0, 0.05) is 12.5 Å². The molecule has 0 aliphatic carbocycles. The third-order valence-corrected chi connectivity index (χ3v) is 4.71. The minimum atomic E-state index is 0.0611. The van der Waals surface area contributed by atoms with Gasteiger partial charge in [-0.15, -0.1) is 0 Å². The molecular weight excluding hydrogens is 252 g/mol. The van der Waals surface area contributed by atoms with E-state index in [0.717, 1.165) is 13.0 Å². The van der Waals surface area contributed by atoms with E-state index in [2.05, 4.69) is 31.2 Å². The van der Waals surface area contributed by atoms with Crippen molar-refractivity contribution in [2.45, 2.75) is 77.7 Å². The van der Waals surface area contributed by atoms with Crippen molar-refractivity contribution < 1.29 is 9.57 Å². The minimum Gasteiger partial charge on any atom is -0.354 e. The number of piperidine rings is 1. The number of likely N-dealkylation sites (tertiary alicyclic amines) is 1. The lowest BCUT2D eigenvalue weighted by Gasteiger charge is -2.41. The van der Waals surface area contributed by atoms with Gasteiger partial charge in [0.25, 0.3) is 0 Å². The fourth-order valence-electron chi connectivity index (χ4n) is 3.31. The molecule has 0 spiro atoms. The van der Waals surface area contributed by atoms with Gasteiger partial charge in [0.05, 0.1) is 0 Å². The Balaban J connectivity index is 1.86. The number of ether oxygens (including phenoxy) is 1. The van der Waals surface area contributed by atoms with Crippen molar-refractivity contribution in [1.29, 1.82) is 0 Å². The molecule has 0 aromatic rings. The van der Waals surface area contributed by atoms with E-state index < -0.39 is 0 Å². The molecule has 2 aliphatic heterocycles. The molecule has 20 heavy (non-hydrogen) atoms. The largest absolute Gasteiger partial charge is 0.354 e. The Labute approximate surface area is 124 Å². The smallest absolute Gasteiger partial charge is 0.133 e. The van der Waals surface area contributed by atoms with Crippen LogP contribution in [0.5, 0.6) is 0 Å². The molecule has 2 rings (SSSR count). The van der Waals surface area contributed by atoms with E-state index in [1.807, 2.05) is 0 Å². The summed E-state index contributed by atoms with van der Waals surface area (Å²) >= 11 is 0. The summed E-state index contributed by atoms with van der Waals surface area (Å²) in [6.07, 6.45) is 7.97. The van der Waals surface area contributed by atoms with Crippen LogP contribution in [0.2, 0.25) is 0 Å². The first-order valence-corrected chi connectivity index (χ1v) is 8.53. The average Bonchev–Trinajstić information content (AvgIpc) is 2.48. The molecule has 2 fully saturated rings. The Morgan fingerprint density at radius 1 is 1.20 bits per heavy atom. The molecule has 4 atom stereocenters. The standard InChI is InChI=1S/C16H32N2O2/c1-4-9-14(5-2)16-17-20-13(3)15(19-16)12-18-10-7-6-8-11-18/h13-17H,4-12H2,1-3H3. The quantitative estimate of drug-likeness (QED) is 0.813. The molecule has 2 aliphatic rings. The highest BCUT2D eigenvalue weighted by atomic mass is 16.7. The molecule has 0 saturated carbocycles. The van der Waals surface area contributed by atoms with Crippen LogP contribution in [0, 0.1) is 5.92 Å². The summed E-state index contributed by atoms with van der Waals surface area (Å²) in [5.41, 5.74) is 3.13. The van der Waals surface area contributed by atoms with Crippen LogP contribution in [0.3, 0.4) is 0 Å². The van der Waals surface area contributed by atoms with Crippen LogP contribution in [0.25, 0.3) is 0 Å².